The summed E-state index contributed by atoms with van der Waals surface area (Å²) in [6.45, 7) is 8.76. The Kier molecular flexibility index (Phi) is 4.22. The van der Waals surface area contributed by atoms with Gasteiger partial charge in [0.05, 0.1) is 6.61 Å². The molecule has 3 atom stereocenters. The van der Waals surface area contributed by atoms with Crippen LogP contribution in [-0.2, 0) is 4.74 Å². The van der Waals surface area contributed by atoms with Gasteiger partial charge in [0.1, 0.15) is 0 Å². The summed E-state index contributed by atoms with van der Waals surface area (Å²) in [5.74, 6) is 0.843. The second-order valence-corrected chi connectivity index (χ2v) is 5.84. The first-order chi connectivity index (χ1) is 7.68. The Balaban J connectivity index is 1.73. The Hall–Kier alpha value is -0.120. The highest BCUT2D eigenvalue weighted by Crippen LogP contribution is 2.21. The highest BCUT2D eigenvalue weighted by atomic mass is 16.5. The van der Waals surface area contributed by atoms with Crippen molar-refractivity contribution in [2.75, 3.05) is 26.3 Å². The van der Waals surface area contributed by atoms with Crippen molar-refractivity contribution in [1.82, 2.24) is 10.6 Å². The highest BCUT2D eigenvalue weighted by Gasteiger charge is 2.28. The van der Waals surface area contributed by atoms with E-state index < -0.39 is 0 Å². The first-order valence-electron chi connectivity index (χ1n) is 6.74. The van der Waals surface area contributed by atoms with Gasteiger partial charge in [-0.1, -0.05) is 0 Å². The van der Waals surface area contributed by atoms with Crippen LogP contribution in [0.25, 0.3) is 0 Å². The van der Waals surface area contributed by atoms with Crippen molar-refractivity contribution in [2.45, 2.75) is 51.1 Å². The minimum atomic E-state index is 0.229. The predicted molar refractivity (Wildman–Crippen MR) is 66.6 cm³/mol. The van der Waals surface area contributed by atoms with Gasteiger partial charge in [-0.15, -0.1) is 0 Å². The molecule has 0 bridgehead atoms. The van der Waals surface area contributed by atoms with Crippen LogP contribution in [0.4, 0.5) is 0 Å². The van der Waals surface area contributed by atoms with Gasteiger partial charge in [-0.3, -0.25) is 0 Å². The van der Waals surface area contributed by atoms with Crippen LogP contribution in [0.1, 0.15) is 39.5 Å². The molecule has 16 heavy (non-hydrogen) atoms. The molecule has 2 heterocycles. The summed E-state index contributed by atoms with van der Waals surface area (Å²) in [5, 5.41) is 7.24. The number of hydrogen-bond donors (Lipinski definition) is 2. The van der Waals surface area contributed by atoms with E-state index in [0.29, 0.717) is 6.04 Å². The molecule has 0 radical (unpaired) electrons. The molecule has 0 aromatic heterocycles. The monoisotopic (exact) mass is 226 g/mol. The molecule has 0 spiro atoms. The quantitative estimate of drug-likeness (QED) is 0.766. The van der Waals surface area contributed by atoms with Crippen molar-refractivity contribution in [2.24, 2.45) is 5.92 Å². The van der Waals surface area contributed by atoms with E-state index in [2.05, 4.69) is 24.5 Å². The summed E-state index contributed by atoms with van der Waals surface area (Å²) in [7, 11) is 0. The van der Waals surface area contributed by atoms with Crippen LogP contribution >= 0.6 is 0 Å². The topological polar surface area (TPSA) is 33.3 Å². The average Bonchev–Trinajstić information content (AvgIpc) is 2.28. The maximum absolute atomic E-state index is 5.57. The molecule has 2 rings (SSSR count). The minimum absolute atomic E-state index is 0.229. The van der Waals surface area contributed by atoms with Crippen LogP contribution in [0.5, 0.6) is 0 Å². The molecule has 0 aromatic rings. The fourth-order valence-electron chi connectivity index (χ4n) is 2.88. The van der Waals surface area contributed by atoms with Crippen molar-refractivity contribution in [3.63, 3.8) is 0 Å². The second-order valence-electron chi connectivity index (χ2n) is 5.84. The van der Waals surface area contributed by atoms with E-state index >= 15 is 0 Å². The standard InChI is InChI=1S/C13H26N2O/c1-11-8-12(4-6-14-11)9-15-13(2)5-3-7-16-10-13/h11-12,14-15H,3-10H2,1-2H3. The molecule has 0 amide bonds. The smallest absolute Gasteiger partial charge is 0.0645 e. The van der Waals surface area contributed by atoms with E-state index in [1.54, 1.807) is 0 Å². The van der Waals surface area contributed by atoms with E-state index in [9.17, 15) is 0 Å². The summed E-state index contributed by atoms with van der Waals surface area (Å²) >= 11 is 0. The SMILES string of the molecule is CC1CC(CNC2(C)CCCOC2)CCN1. The third kappa shape index (κ3) is 3.44. The van der Waals surface area contributed by atoms with E-state index in [4.69, 9.17) is 4.74 Å². The summed E-state index contributed by atoms with van der Waals surface area (Å²) in [6, 6.07) is 0.691. The second kappa shape index (κ2) is 5.48. The van der Waals surface area contributed by atoms with Crippen molar-refractivity contribution in [3.05, 3.63) is 0 Å². The minimum Gasteiger partial charge on any atom is -0.380 e. The van der Waals surface area contributed by atoms with Gasteiger partial charge in [0.2, 0.25) is 0 Å². The maximum atomic E-state index is 5.57. The Morgan fingerprint density at radius 1 is 1.50 bits per heavy atom. The molecule has 3 heteroatoms. The third-order valence-electron chi connectivity index (χ3n) is 3.99. The number of piperidine rings is 1. The molecule has 0 aliphatic carbocycles. The molecule has 2 fully saturated rings. The molecule has 0 aromatic carbocycles. The van der Waals surface area contributed by atoms with Gasteiger partial charge < -0.3 is 15.4 Å². The van der Waals surface area contributed by atoms with Gasteiger partial charge in [0.25, 0.3) is 0 Å². The van der Waals surface area contributed by atoms with Crippen molar-refractivity contribution in [3.8, 4) is 0 Å². The van der Waals surface area contributed by atoms with E-state index in [1.807, 2.05) is 0 Å². The average molecular weight is 226 g/mol. The molecule has 94 valence electrons. The van der Waals surface area contributed by atoms with Crippen LogP contribution in [0, 0.1) is 5.92 Å². The van der Waals surface area contributed by atoms with Gasteiger partial charge in [-0.25, -0.2) is 0 Å². The molecular formula is C13H26N2O. The van der Waals surface area contributed by atoms with Crippen molar-refractivity contribution < 1.29 is 4.74 Å². The zero-order valence-electron chi connectivity index (χ0n) is 10.7. The summed E-state index contributed by atoms with van der Waals surface area (Å²) < 4.78 is 5.57. The van der Waals surface area contributed by atoms with Crippen LogP contribution in [0.3, 0.4) is 0 Å². The summed E-state index contributed by atoms with van der Waals surface area (Å²) in [6.07, 6.45) is 5.08. The van der Waals surface area contributed by atoms with Gasteiger partial charge in [-0.2, -0.15) is 0 Å². The Bertz CT molecular complexity index is 214. The number of ether oxygens (including phenoxy) is 1. The molecule has 0 saturated carbocycles. The summed E-state index contributed by atoms with van der Waals surface area (Å²) in [4.78, 5) is 0. The van der Waals surface area contributed by atoms with E-state index in [1.165, 1.54) is 32.2 Å². The molecule has 2 aliphatic heterocycles. The number of rotatable bonds is 3. The van der Waals surface area contributed by atoms with Crippen molar-refractivity contribution >= 4 is 0 Å². The Labute approximate surface area is 99.3 Å². The fourth-order valence-corrected chi connectivity index (χ4v) is 2.88. The predicted octanol–water partition coefficient (Wildman–Crippen LogP) is 1.53. The van der Waals surface area contributed by atoms with Gasteiger partial charge >= 0.3 is 0 Å². The van der Waals surface area contributed by atoms with Crippen LogP contribution in [-0.4, -0.2) is 37.9 Å². The summed E-state index contributed by atoms with van der Waals surface area (Å²) in [5.41, 5.74) is 0.229. The van der Waals surface area contributed by atoms with Crippen molar-refractivity contribution in [1.29, 1.82) is 0 Å². The molecule has 2 N–H and O–H groups in total. The zero-order valence-corrected chi connectivity index (χ0v) is 10.7. The Morgan fingerprint density at radius 2 is 2.38 bits per heavy atom. The van der Waals surface area contributed by atoms with Gasteiger partial charge in [0.15, 0.2) is 0 Å². The van der Waals surface area contributed by atoms with E-state index in [0.717, 1.165) is 25.7 Å². The third-order valence-corrected chi connectivity index (χ3v) is 3.99. The normalized spacial score (nSPS) is 40.9. The highest BCUT2D eigenvalue weighted by molar-refractivity contribution is 4.87. The number of nitrogens with one attached hydrogen (secondary N) is 2. The first kappa shape index (κ1) is 12.3. The van der Waals surface area contributed by atoms with E-state index in [-0.39, 0.29) is 5.54 Å². The number of hydrogen-bond acceptors (Lipinski definition) is 3. The molecule has 3 unspecified atom stereocenters. The maximum Gasteiger partial charge on any atom is 0.0645 e. The zero-order chi connectivity index (χ0) is 11.4. The van der Waals surface area contributed by atoms with Gasteiger partial charge in [0, 0.05) is 18.2 Å². The largest absolute Gasteiger partial charge is 0.380 e. The Morgan fingerprint density at radius 3 is 3.06 bits per heavy atom. The lowest BCUT2D eigenvalue weighted by Crippen LogP contribution is -2.51. The lowest BCUT2D eigenvalue weighted by Gasteiger charge is -2.37. The van der Waals surface area contributed by atoms with Crippen LogP contribution < -0.4 is 10.6 Å². The first-order valence-corrected chi connectivity index (χ1v) is 6.74. The lowest BCUT2D eigenvalue weighted by molar-refractivity contribution is 0.0259. The molecule has 2 saturated heterocycles. The molecule has 2 aliphatic rings. The fraction of sp³-hybridized carbons (Fsp3) is 1.00. The van der Waals surface area contributed by atoms with Gasteiger partial charge in [-0.05, 0) is 58.5 Å². The molecule has 3 nitrogen and oxygen atoms in total. The van der Waals surface area contributed by atoms with Crippen LogP contribution in [0.15, 0.2) is 0 Å². The van der Waals surface area contributed by atoms with Crippen LogP contribution in [0.2, 0.25) is 0 Å². The lowest BCUT2D eigenvalue weighted by atomic mass is 9.90. The molecular weight excluding hydrogens is 200 g/mol.